The lowest BCUT2D eigenvalue weighted by molar-refractivity contribution is 0.393. The van der Waals surface area contributed by atoms with Gasteiger partial charge in [0.05, 0.1) is 20.8 Å². The van der Waals surface area contributed by atoms with Crippen molar-refractivity contribution in [1.82, 2.24) is 10.6 Å². The summed E-state index contributed by atoms with van der Waals surface area (Å²) in [7, 11) is 3.38. The van der Waals surface area contributed by atoms with E-state index < -0.39 is 0 Å². The minimum absolute atomic E-state index is 0.150. The molecule has 0 radical (unpaired) electrons. The predicted octanol–water partition coefficient (Wildman–Crippen LogP) is 3.37. The number of guanidine groups is 1. The van der Waals surface area contributed by atoms with Crippen molar-refractivity contribution in [3.63, 3.8) is 0 Å². The topological polar surface area (TPSA) is 58.1 Å². The number of rotatable bonds is 8. The summed E-state index contributed by atoms with van der Waals surface area (Å²) in [5.41, 5.74) is 1.15. The maximum atomic E-state index is 5.41. The fraction of sp³-hybridized carbons (Fsp3) is 0.667. The molecular formula is C21H36N4O2S. The van der Waals surface area contributed by atoms with E-state index in [0.29, 0.717) is 6.04 Å². The highest BCUT2D eigenvalue weighted by atomic mass is 32.2. The summed E-state index contributed by atoms with van der Waals surface area (Å²) >= 11 is 1.85. The minimum atomic E-state index is 0.150. The van der Waals surface area contributed by atoms with E-state index in [1.807, 2.05) is 17.8 Å². The van der Waals surface area contributed by atoms with Gasteiger partial charge in [-0.05, 0) is 39.9 Å². The summed E-state index contributed by atoms with van der Waals surface area (Å²) < 4.78 is 11.0. The Balaban J connectivity index is 1.96. The third kappa shape index (κ3) is 6.69. The molecule has 1 fully saturated rings. The van der Waals surface area contributed by atoms with Crippen molar-refractivity contribution in [1.29, 1.82) is 0 Å². The van der Waals surface area contributed by atoms with Crippen LogP contribution in [0.25, 0.3) is 0 Å². The molecule has 0 unspecified atom stereocenters. The first-order valence-electron chi connectivity index (χ1n) is 9.98. The number of thioether (sulfide) groups is 1. The van der Waals surface area contributed by atoms with E-state index in [0.717, 1.165) is 62.2 Å². The average molecular weight is 409 g/mol. The summed E-state index contributed by atoms with van der Waals surface area (Å²) in [5, 5.41) is 7.01. The van der Waals surface area contributed by atoms with Crippen molar-refractivity contribution in [3.8, 4) is 11.5 Å². The Labute approximate surface area is 174 Å². The monoisotopic (exact) mass is 408 g/mol. The number of aliphatic imine (C=N–C) groups is 1. The number of ether oxygens (including phenoxy) is 2. The van der Waals surface area contributed by atoms with E-state index in [4.69, 9.17) is 14.5 Å². The molecule has 1 aliphatic heterocycles. The van der Waals surface area contributed by atoms with E-state index in [9.17, 15) is 0 Å². The van der Waals surface area contributed by atoms with Gasteiger partial charge in [0.15, 0.2) is 5.96 Å². The van der Waals surface area contributed by atoms with Gasteiger partial charge in [0.2, 0.25) is 0 Å². The van der Waals surface area contributed by atoms with Crippen LogP contribution in [0.15, 0.2) is 23.2 Å². The van der Waals surface area contributed by atoms with Gasteiger partial charge >= 0.3 is 0 Å². The normalized spacial score (nSPS) is 16.1. The first-order chi connectivity index (χ1) is 13.4. The number of nitrogens with zero attached hydrogens (tertiary/aromatic N) is 2. The van der Waals surface area contributed by atoms with Crippen LogP contribution in [0, 0.1) is 0 Å². The van der Waals surface area contributed by atoms with E-state index >= 15 is 0 Å². The second-order valence-corrected chi connectivity index (χ2v) is 9.15. The Morgan fingerprint density at radius 1 is 1.18 bits per heavy atom. The van der Waals surface area contributed by atoms with E-state index in [1.165, 1.54) is 0 Å². The fourth-order valence-corrected chi connectivity index (χ4v) is 3.30. The van der Waals surface area contributed by atoms with E-state index in [1.54, 1.807) is 14.2 Å². The van der Waals surface area contributed by atoms with Gasteiger partial charge in [-0.2, -0.15) is 11.8 Å². The second-order valence-electron chi connectivity index (χ2n) is 7.64. The first kappa shape index (κ1) is 22.5. The molecule has 1 heterocycles. The highest BCUT2D eigenvalue weighted by Crippen LogP contribution is 2.30. The molecule has 7 heteroatoms. The van der Waals surface area contributed by atoms with Crippen LogP contribution in [0.2, 0.25) is 0 Å². The molecule has 2 N–H and O–H groups in total. The van der Waals surface area contributed by atoms with Gasteiger partial charge in [-0.15, -0.1) is 0 Å². The summed E-state index contributed by atoms with van der Waals surface area (Å²) in [4.78, 5) is 7.19. The average Bonchev–Trinajstić information content (AvgIpc) is 2.72. The number of hydrogen-bond donors (Lipinski definition) is 2. The van der Waals surface area contributed by atoms with Crippen LogP contribution in [0.1, 0.15) is 33.6 Å². The molecule has 1 aliphatic rings. The molecule has 1 aromatic carbocycles. The van der Waals surface area contributed by atoms with Crippen LogP contribution in [0.5, 0.6) is 11.5 Å². The quantitative estimate of drug-likeness (QED) is 0.508. The zero-order valence-electron chi connectivity index (χ0n) is 18.2. The van der Waals surface area contributed by atoms with Crippen LogP contribution in [0.4, 0.5) is 5.69 Å². The molecule has 0 aliphatic carbocycles. The number of nitrogens with one attached hydrogen (secondary N) is 2. The molecule has 6 nitrogen and oxygen atoms in total. The molecule has 1 aromatic rings. The summed E-state index contributed by atoms with van der Waals surface area (Å²) in [5.74, 6) is 2.58. The Morgan fingerprint density at radius 3 is 2.29 bits per heavy atom. The van der Waals surface area contributed by atoms with Crippen molar-refractivity contribution in [3.05, 3.63) is 18.2 Å². The Bertz CT molecular complexity index is 621. The number of piperidine rings is 1. The van der Waals surface area contributed by atoms with Crippen molar-refractivity contribution >= 4 is 23.4 Å². The highest BCUT2D eigenvalue weighted by molar-refractivity contribution is 7.99. The second kappa shape index (κ2) is 10.7. The molecule has 158 valence electrons. The lowest BCUT2D eigenvalue weighted by Crippen LogP contribution is -2.49. The predicted molar refractivity (Wildman–Crippen MR) is 121 cm³/mol. The Hall–Kier alpha value is -1.76. The van der Waals surface area contributed by atoms with E-state index in [2.05, 4.69) is 54.7 Å². The molecule has 0 saturated carbocycles. The largest absolute Gasteiger partial charge is 0.497 e. The first-order valence-corrected chi connectivity index (χ1v) is 11.2. The molecule has 0 atom stereocenters. The Morgan fingerprint density at radius 2 is 1.79 bits per heavy atom. The molecule has 2 rings (SSSR count). The molecule has 0 aromatic heterocycles. The third-order valence-electron chi connectivity index (χ3n) is 5.05. The molecule has 0 amide bonds. The van der Waals surface area contributed by atoms with Gasteiger partial charge < -0.3 is 25.0 Å². The van der Waals surface area contributed by atoms with Gasteiger partial charge in [0, 0.05) is 54.3 Å². The maximum absolute atomic E-state index is 5.41. The van der Waals surface area contributed by atoms with Gasteiger partial charge in [-0.1, -0.05) is 0 Å². The molecule has 0 bridgehead atoms. The van der Waals surface area contributed by atoms with E-state index in [-0.39, 0.29) is 4.75 Å². The van der Waals surface area contributed by atoms with Crippen LogP contribution in [-0.4, -0.2) is 63.4 Å². The van der Waals surface area contributed by atoms with Gasteiger partial charge in [0.1, 0.15) is 11.5 Å². The number of hydrogen-bond acceptors (Lipinski definition) is 5. The van der Waals surface area contributed by atoms with Crippen molar-refractivity contribution < 1.29 is 9.47 Å². The smallest absolute Gasteiger partial charge is 0.191 e. The standard InChI is InChI=1S/C21H36N4O2S/c1-7-22-20(23-15-21(2,3)28-6)24-16-8-10-25(11-9-16)17-12-18(26-4)14-19(13-17)27-5/h12-14,16H,7-11,15H2,1-6H3,(H2,22,23,24). The van der Waals surface area contributed by atoms with Crippen LogP contribution in [0.3, 0.4) is 0 Å². The Kier molecular flexibility index (Phi) is 8.60. The van der Waals surface area contributed by atoms with Gasteiger partial charge in [-0.25, -0.2) is 0 Å². The van der Waals surface area contributed by atoms with Crippen molar-refractivity contribution in [2.75, 3.05) is 51.6 Å². The summed E-state index contributed by atoms with van der Waals surface area (Å²) in [6.45, 7) is 10.2. The van der Waals surface area contributed by atoms with Gasteiger partial charge in [0.25, 0.3) is 0 Å². The summed E-state index contributed by atoms with van der Waals surface area (Å²) in [6, 6.07) is 6.49. The number of benzene rings is 1. The number of methoxy groups -OCH3 is 2. The number of anilines is 1. The zero-order chi connectivity index (χ0) is 20.6. The van der Waals surface area contributed by atoms with Crippen molar-refractivity contribution in [2.24, 2.45) is 4.99 Å². The molecular weight excluding hydrogens is 372 g/mol. The van der Waals surface area contributed by atoms with Crippen LogP contribution >= 0.6 is 11.8 Å². The maximum Gasteiger partial charge on any atom is 0.191 e. The lowest BCUT2D eigenvalue weighted by Gasteiger charge is -2.35. The highest BCUT2D eigenvalue weighted by Gasteiger charge is 2.22. The van der Waals surface area contributed by atoms with Crippen LogP contribution in [-0.2, 0) is 0 Å². The van der Waals surface area contributed by atoms with Gasteiger partial charge in [-0.3, -0.25) is 4.99 Å². The molecule has 1 saturated heterocycles. The lowest BCUT2D eigenvalue weighted by atomic mass is 10.0. The molecule has 0 spiro atoms. The minimum Gasteiger partial charge on any atom is -0.497 e. The summed E-state index contributed by atoms with van der Waals surface area (Å²) in [6.07, 6.45) is 4.27. The van der Waals surface area contributed by atoms with Crippen molar-refractivity contribution in [2.45, 2.75) is 44.4 Å². The van der Waals surface area contributed by atoms with Crippen LogP contribution < -0.4 is 25.0 Å². The fourth-order valence-electron chi connectivity index (χ4n) is 3.10. The molecule has 28 heavy (non-hydrogen) atoms. The third-order valence-corrected chi connectivity index (χ3v) is 6.29. The SMILES string of the molecule is CCNC(=NCC(C)(C)SC)NC1CCN(c2cc(OC)cc(OC)c2)CC1. The zero-order valence-corrected chi connectivity index (χ0v) is 19.0.